The number of anilines is 1. The quantitative estimate of drug-likeness (QED) is 0.158. The van der Waals surface area contributed by atoms with Gasteiger partial charge in [0.1, 0.15) is 16.5 Å². The number of hydrogen-bond acceptors (Lipinski definition) is 9. The third kappa shape index (κ3) is 7.84. The minimum absolute atomic E-state index is 0.0540. The summed E-state index contributed by atoms with van der Waals surface area (Å²) in [5, 5.41) is 28.3. The summed E-state index contributed by atoms with van der Waals surface area (Å²) in [5.74, 6) is -0.887. The zero-order valence-corrected chi connectivity index (χ0v) is 22.0. The zero-order chi connectivity index (χ0) is 27.7. The molecule has 0 spiro atoms. The number of rotatable bonds is 16. The number of carbonyl (C=O) groups is 1. The summed E-state index contributed by atoms with van der Waals surface area (Å²) < 4.78 is 21.8. The largest absolute Gasteiger partial charge is 0.481 e. The molecule has 13 nitrogen and oxygen atoms in total. The molecule has 38 heavy (non-hydrogen) atoms. The van der Waals surface area contributed by atoms with Crippen molar-refractivity contribution in [3.05, 3.63) is 40.3 Å². The number of unbranched alkanes of at least 4 members (excludes halogenated alkanes) is 2. The van der Waals surface area contributed by atoms with E-state index >= 15 is 0 Å². The van der Waals surface area contributed by atoms with Gasteiger partial charge in [-0.05, 0) is 37.0 Å². The number of carboxylic acid groups (broad SMARTS) is 1. The molecule has 0 radical (unpaired) electrons. The molecule has 0 aliphatic heterocycles. The standard InChI is InChI=1S/C24H34N6O7S/c1-2-3-11-37-23-27-21(25)20-22(28-23)30(24(35)26-20)10-5-4-9-29(14-17(32)15-31)38(36)18-8-6-7-16(12-18)13-19(33)34/h6-8,12,17,31-32H,2-5,9-11,13-15H2,1H3,(H,26,35)(H,33,34)(H2,25,27,28)/t17-,38?/m1/s1. The molecule has 2 atom stereocenters. The van der Waals surface area contributed by atoms with Crippen molar-refractivity contribution >= 4 is 33.9 Å². The summed E-state index contributed by atoms with van der Waals surface area (Å²) in [7, 11) is -1.70. The van der Waals surface area contributed by atoms with Gasteiger partial charge in [0.15, 0.2) is 11.5 Å². The van der Waals surface area contributed by atoms with Gasteiger partial charge < -0.3 is 30.8 Å². The SMILES string of the molecule is CCCCOc1nc(N)c2[nH]c(=O)n(CCCCN(C[C@@H](O)CO)S(=O)c3cccc(CC(=O)O)c3)c2n1. The topological polar surface area (TPSA) is 197 Å². The van der Waals surface area contributed by atoms with Crippen LogP contribution in [0, 0.1) is 0 Å². The number of nitrogens with zero attached hydrogens (tertiary/aromatic N) is 4. The lowest BCUT2D eigenvalue weighted by molar-refractivity contribution is -0.136. The molecule has 0 aliphatic carbocycles. The first-order valence-corrected chi connectivity index (χ1v) is 13.5. The van der Waals surface area contributed by atoms with Crippen LogP contribution < -0.4 is 16.2 Å². The Morgan fingerprint density at radius 1 is 1.29 bits per heavy atom. The molecule has 0 aliphatic rings. The van der Waals surface area contributed by atoms with Gasteiger partial charge in [0.2, 0.25) is 0 Å². The van der Waals surface area contributed by atoms with Crippen LogP contribution in [0.15, 0.2) is 34.0 Å². The van der Waals surface area contributed by atoms with E-state index in [1.54, 1.807) is 24.3 Å². The summed E-state index contributed by atoms with van der Waals surface area (Å²) in [5.41, 5.74) is 6.77. The first-order valence-electron chi connectivity index (χ1n) is 12.4. The lowest BCUT2D eigenvalue weighted by Gasteiger charge is -2.23. The molecule has 208 valence electrons. The Bertz CT molecular complexity index is 1310. The van der Waals surface area contributed by atoms with E-state index < -0.39 is 35.4 Å². The Morgan fingerprint density at radius 2 is 2.08 bits per heavy atom. The van der Waals surface area contributed by atoms with Crippen LogP contribution in [0.3, 0.4) is 0 Å². The maximum Gasteiger partial charge on any atom is 0.327 e. The van der Waals surface area contributed by atoms with E-state index in [1.165, 1.54) is 8.87 Å². The van der Waals surface area contributed by atoms with E-state index in [4.69, 9.17) is 15.6 Å². The minimum atomic E-state index is -1.70. The van der Waals surface area contributed by atoms with Crippen molar-refractivity contribution in [2.45, 2.75) is 56.6 Å². The molecule has 0 saturated heterocycles. The molecule has 2 heterocycles. The molecule has 14 heteroatoms. The summed E-state index contributed by atoms with van der Waals surface area (Å²) in [6.45, 7) is 2.49. The minimum Gasteiger partial charge on any atom is -0.481 e. The summed E-state index contributed by atoms with van der Waals surface area (Å²) >= 11 is 0. The number of aryl methyl sites for hydroxylation is 1. The third-order valence-corrected chi connectivity index (χ3v) is 7.17. The second-order valence-electron chi connectivity index (χ2n) is 8.77. The van der Waals surface area contributed by atoms with Crippen molar-refractivity contribution in [2.24, 2.45) is 0 Å². The highest BCUT2D eigenvalue weighted by molar-refractivity contribution is 7.82. The predicted molar refractivity (Wildman–Crippen MR) is 141 cm³/mol. The number of aliphatic carboxylic acids is 1. The smallest absolute Gasteiger partial charge is 0.327 e. The van der Waals surface area contributed by atoms with Gasteiger partial charge in [-0.3, -0.25) is 9.36 Å². The predicted octanol–water partition coefficient (Wildman–Crippen LogP) is 0.666. The molecule has 6 N–H and O–H groups in total. The van der Waals surface area contributed by atoms with Crippen LogP contribution in [0.5, 0.6) is 6.01 Å². The Labute approximate surface area is 221 Å². The van der Waals surface area contributed by atoms with Gasteiger partial charge in [-0.25, -0.2) is 13.3 Å². The molecular weight excluding hydrogens is 516 g/mol. The Hall–Kier alpha value is -3.33. The number of aromatic amines is 1. The maximum absolute atomic E-state index is 13.3. The van der Waals surface area contributed by atoms with Crippen molar-refractivity contribution in [1.29, 1.82) is 0 Å². The molecule has 0 fully saturated rings. The highest BCUT2D eigenvalue weighted by Gasteiger charge is 2.20. The lowest BCUT2D eigenvalue weighted by Crippen LogP contribution is -2.36. The van der Waals surface area contributed by atoms with Gasteiger partial charge in [0.25, 0.3) is 0 Å². The Kier molecular flexibility index (Phi) is 10.8. The fraction of sp³-hybridized carbons (Fsp3) is 0.500. The van der Waals surface area contributed by atoms with Crippen LogP contribution >= 0.6 is 0 Å². The van der Waals surface area contributed by atoms with Crippen LogP contribution in [0.25, 0.3) is 11.2 Å². The fourth-order valence-corrected chi connectivity index (χ4v) is 5.14. The van der Waals surface area contributed by atoms with Gasteiger partial charge in [0, 0.05) is 19.6 Å². The van der Waals surface area contributed by atoms with Gasteiger partial charge in [-0.1, -0.05) is 25.5 Å². The van der Waals surface area contributed by atoms with E-state index in [2.05, 4.69) is 15.0 Å². The number of nitrogens with two attached hydrogens (primary N) is 1. The van der Waals surface area contributed by atoms with Crippen LogP contribution in [0.1, 0.15) is 38.2 Å². The second kappa shape index (κ2) is 14.0. The number of H-pyrrole nitrogens is 1. The maximum atomic E-state index is 13.3. The van der Waals surface area contributed by atoms with Crippen molar-refractivity contribution in [2.75, 3.05) is 32.0 Å². The van der Waals surface area contributed by atoms with E-state index in [1.807, 2.05) is 6.92 Å². The average Bonchev–Trinajstić information content (AvgIpc) is 3.20. The number of fused-ring (bicyclic) bond motifs is 1. The number of aliphatic hydroxyl groups excluding tert-OH is 2. The monoisotopic (exact) mass is 550 g/mol. The number of aromatic nitrogens is 4. The van der Waals surface area contributed by atoms with E-state index in [0.717, 1.165) is 12.8 Å². The van der Waals surface area contributed by atoms with Gasteiger partial charge >= 0.3 is 17.7 Å². The van der Waals surface area contributed by atoms with Crippen molar-refractivity contribution in [3.8, 4) is 6.01 Å². The highest BCUT2D eigenvalue weighted by Crippen LogP contribution is 2.19. The number of nitrogen functional groups attached to an aromatic ring is 1. The van der Waals surface area contributed by atoms with Crippen molar-refractivity contribution in [1.82, 2.24) is 23.8 Å². The molecule has 1 unspecified atom stereocenters. The number of imidazole rings is 1. The average molecular weight is 551 g/mol. The zero-order valence-electron chi connectivity index (χ0n) is 21.2. The fourth-order valence-electron chi connectivity index (χ4n) is 3.79. The van der Waals surface area contributed by atoms with Crippen LogP contribution in [0.4, 0.5) is 5.82 Å². The second-order valence-corrected chi connectivity index (χ2v) is 10.3. The first kappa shape index (κ1) is 29.2. The highest BCUT2D eigenvalue weighted by atomic mass is 32.2. The van der Waals surface area contributed by atoms with Crippen molar-refractivity contribution < 1.29 is 29.1 Å². The third-order valence-electron chi connectivity index (χ3n) is 5.71. The molecule has 1 aromatic carbocycles. The molecular formula is C24H34N6O7S. The Balaban J connectivity index is 1.70. The van der Waals surface area contributed by atoms with Crippen LogP contribution in [-0.4, -0.2) is 81.7 Å². The molecule has 3 aromatic rings. The summed E-state index contributed by atoms with van der Waals surface area (Å²) in [6.07, 6.45) is 1.46. The number of ether oxygens (including phenoxy) is 1. The Morgan fingerprint density at radius 3 is 2.79 bits per heavy atom. The number of benzene rings is 1. The lowest BCUT2D eigenvalue weighted by atomic mass is 10.2. The van der Waals surface area contributed by atoms with E-state index in [-0.39, 0.29) is 31.3 Å². The molecule has 3 rings (SSSR count). The number of aliphatic hydroxyl groups is 2. The molecule has 0 saturated carbocycles. The molecule has 2 aromatic heterocycles. The van der Waals surface area contributed by atoms with Gasteiger partial charge in [-0.2, -0.15) is 9.97 Å². The van der Waals surface area contributed by atoms with Crippen molar-refractivity contribution in [3.63, 3.8) is 0 Å². The van der Waals surface area contributed by atoms with Crippen LogP contribution in [0.2, 0.25) is 0 Å². The van der Waals surface area contributed by atoms with Gasteiger partial charge in [0.05, 0.1) is 30.6 Å². The first-order chi connectivity index (χ1) is 18.2. The van der Waals surface area contributed by atoms with Crippen LogP contribution in [-0.2, 0) is 28.7 Å². The number of carboxylic acids is 1. The normalized spacial score (nSPS) is 13.2. The summed E-state index contributed by atoms with van der Waals surface area (Å²) in [4.78, 5) is 35.1. The number of nitrogens with one attached hydrogen (secondary N) is 1. The van der Waals surface area contributed by atoms with E-state index in [9.17, 15) is 24.0 Å². The van der Waals surface area contributed by atoms with E-state index in [0.29, 0.717) is 47.6 Å². The van der Waals surface area contributed by atoms with Gasteiger partial charge in [-0.15, -0.1) is 0 Å². The molecule has 0 amide bonds. The number of hydrogen-bond donors (Lipinski definition) is 5. The molecule has 0 bridgehead atoms. The summed E-state index contributed by atoms with van der Waals surface area (Å²) in [6, 6.07) is 6.54.